The fourth-order valence-corrected chi connectivity index (χ4v) is 2.97. The van der Waals surface area contributed by atoms with Gasteiger partial charge >= 0.3 is 29.6 Å². The normalized spacial score (nSPS) is 18.7. The van der Waals surface area contributed by atoms with Crippen LogP contribution in [-0.2, 0) is 9.53 Å². The number of anilines is 1. The Bertz CT molecular complexity index is 587. The van der Waals surface area contributed by atoms with E-state index in [1.807, 2.05) is 0 Å². The summed E-state index contributed by atoms with van der Waals surface area (Å²) in [7, 11) is 1.73. The van der Waals surface area contributed by atoms with E-state index in [0.29, 0.717) is 30.5 Å². The van der Waals surface area contributed by atoms with E-state index in [4.69, 9.17) is 9.47 Å². The van der Waals surface area contributed by atoms with Crippen LogP contribution in [0.25, 0.3) is 0 Å². The van der Waals surface area contributed by atoms with Gasteiger partial charge in [-0.15, -0.1) is 0 Å². The number of hydrogen-bond donors (Lipinski definition) is 0. The molecule has 0 unspecified atom stereocenters. The van der Waals surface area contributed by atoms with Crippen molar-refractivity contribution < 1.29 is 48.9 Å². The summed E-state index contributed by atoms with van der Waals surface area (Å²) in [5, 5.41) is 11.2. The third kappa shape index (κ3) is 5.29. The first-order valence-corrected chi connectivity index (χ1v) is 8.02. The minimum absolute atomic E-state index is 0. The molecule has 1 aliphatic carbocycles. The summed E-state index contributed by atoms with van der Waals surface area (Å²) < 4.78 is 10.8. The molecule has 1 aliphatic heterocycles. The van der Waals surface area contributed by atoms with E-state index in [9.17, 15) is 9.90 Å². The molecule has 1 saturated heterocycles. The van der Waals surface area contributed by atoms with E-state index in [1.165, 1.54) is 0 Å². The molecule has 0 N–H and O–H groups in total. The number of rotatable bonds is 6. The van der Waals surface area contributed by atoms with Crippen molar-refractivity contribution >= 4 is 11.8 Å². The number of carbonyl (C=O) groups excluding carboxylic acids is 1. The molecule has 0 amide bonds. The van der Waals surface area contributed by atoms with Gasteiger partial charge in [-0.2, -0.15) is 4.98 Å². The van der Waals surface area contributed by atoms with Gasteiger partial charge in [-0.25, -0.2) is 4.98 Å². The summed E-state index contributed by atoms with van der Waals surface area (Å²) in [5.74, 6) is 1.09. The molecule has 1 saturated carbocycles. The van der Waals surface area contributed by atoms with Crippen LogP contribution >= 0.6 is 0 Å². The van der Waals surface area contributed by atoms with Crippen molar-refractivity contribution in [2.24, 2.45) is 5.92 Å². The van der Waals surface area contributed by atoms with Crippen LogP contribution in [0.4, 0.5) is 5.82 Å². The van der Waals surface area contributed by atoms with Crippen molar-refractivity contribution in [1.29, 1.82) is 0 Å². The summed E-state index contributed by atoms with van der Waals surface area (Å²) in [5.41, 5.74) is -1.19. The van der Waals surface area contributed by atoms with Gasteiger partial charge in [0.25, 0.3) is 0 Å². The van der Waals surface area contributed by atoms with E-state index in [-0.39, 0.29) is 37.0 Å². The Hall–Kier alpha value is -0.890. The summed E-state index contributed by atoms with van der Waals surface area (Å²) in [6.45, 7) is 4.37. The molecular weight excluding hydrogens is 333 g/mol. The van der Waals surface area contributed by atoms with Crippen LogP contribution in [-0.4, -0.2) is 48.3 Å². The van der Waals surface area contributed by atoms with Crippen LogP contribution in [0.1, 0.15) is 38.9 Å². The number of aryl methyl sites for hydroxylation is 1. The van der Waals surface area contributed by atoms with Crippen LogP contribution in [0.2, 0.25) is 0 Å². The van der Waals surface area contributed by atoms with Gasteiger partial charge in [0.05, 0.1) is 5.97 Å². The van der Waals surface area contributed by atoms with Crippen LogP contribution < -0.4 is 44.3 Å². The van der Waals surface area contributed by atoms with Gasteiger partial charge < -0.3 is 24.3 Å². The first-order valence-electron chi connectivity index (χ1n) is 8.02. The largest absolute Gasteiger partial charge is 1.00 e. The first kappa shape index (κ1) is 22.2. The quantitative estimate of drug-likeness (QED) is 0.540. The number of hydrogen-bond acceptors (Lipinski definition) is 7. The van der Waals surface area contributed by atoms with Gasteiger partial charge in [-0.1, -0.05) is 7.43 Å². The molecule has 1 aromatic rings. The average Bonchev–Trinajstić information content (AvgIpc) is 3.29. The van der Waals surface area contributed by atoms with E-state index in [1.54, 1.807) is 20.1 Å². The van der Waals surface area contributed by atoms with E-state index in [0.717, 1.165) is 38.4 Å². The number of ether oxygens (including phenoxy) is 2. The molecule has 134 valence electrons. The van der Waals surface area contributed by atoms with Crippen LogP contribution in [0.15, 0.2) is 6.07 Å². The van der Waals surface area contributed by atoms with E-state index >= 15 is 0 Å². The zero-order chi connectivity index (χ0) is 16.4. The SMILES string of the molecule is C.COCC1CCN(c2cc(OC3(C(=O)[O-])CC3)nc(C)n2)CC1.[Na+]. The second-order valence-electron chi connectivity index (χ2n) is 6.38. The predicted octanol–water partition coefficient (Wildman–Crippen LogP) is -2.05. The fourth-order valence-electron chi connectivity index (χ4n) is 2.97. The molecule has 0 spiro atoms. The zero-order valence-corrected chi connectivity index (χ0v) is 16.6. The molecular formula is C17H26N3NaO4. The number of carbonyl (C=O) groups is 1. The summed E-state index contributed by atoms with van der Waals surface area (Å²) >= 11 is 0. The van der Waals surface area contributed by atoms with Gasteiger partial charge in [0.15, 0.2) is 5.60 Å². The topological polar surface area (TPSA) is 87.6 Å². The molecule has 2 aliphatic rings. The number of aromatic nitrogens is 2. The Morgan fingerprint density at radius 2 is 2.00 bits per heavy atom. The van der Waals surface area contributed by atoms with Gasteiger partial charge in [-0.3, -0.25) is 0 Å². The second kappa shape index (κ2) is 9.16. The van der Waals surface area contributed by atoms with Crippen LogP contribution in [0.5, 0.6) is 5.88 Å². The molecule has 25 heavy (non-hydrogen) atoms. The Morgan fingerprint density at radius 3 is 2.52 bits per heavy atom. The van der Waals surface area contributed by atoms with Crippen molar-refractivity contribution in [3.05, 3.63) is 11.9 Å². The third-order valence-electron chi connectivity index (χ3n) is 4.52. The molecule has 0 atom stereocenters. The van der Waals surface area contributed by atoms with Gasteiger partial charge in [0.1, 0.15) is 11.6 Å². The number of piperidine rings is 1. The molecule has 2 fully saturated rings. The molecule has 0 radical (unpaired) electrons. The number of nitrogens with zero attached hydrogens (tertiary/aromatic N) is 3. The maximum Gasteiger partial charge on any atom is 1.00 e. The monoisotopic (exact) mass is 359 g/mol. The molecule has 3 rings (SSSR count). The van der Waals surface area contributed by atoms with Gasteiger partial charge in [-0.05, 0) is 38.5 Å². The number of carboxylic acids is 1. The van der Waals surface area contributed by atoms with Crippen molar-refractivity contribution in [2.75, 3.05) is 31.7 Å². The van der Waals surface area contributed by atoms with E-state index in [2.05, 4.69) is 14.9 Å². The molecule has 0 aromatic carbocycles. The molecule has 8 heteroatoms. The van der Waals surface area contributed by atoms with Crippen LogP contribution in [0, 0.1) is 12.8 Å². The smallest absolute Gasteiger partial charge is 0.546 e. The first-order chi connectivity index (χ1) is 11.0. The summed E-state index contributed by atoms with van der Waals surface area (Å²) in [6, 6.07) is 1.73. The molecule has 1 aromatic heterocycles. The maximum atomic E-state index is 11.2. The number of methoxy groups -OCH3 is 1. The Kier molecular flexibility index (Phi) is 8.12. The van der Waals surface area contributed by atoms with Crippen molar-refractivity contribution in [3.63, 3.8) is 0 Å². The summed E-state index contributed by atoms with van der Waals surface area (Å²) in [4.78, 5) is 22.0. The second-order valence-corrected chi connectivity index (χ2v) is 6.38. The average molecular weight is 359 g/mol. The van der Waals surface area contributed by atoms with Gasteiger partial charge in [0, 0.05) is 32.9 Å². The Balaban J connectivity index is 0.00000156. The fraction of sp³-hybridized carbons (Fsp3) is 0.706. The minimum atomic E-state index is -1.19. The maximum absolute atomic E-state index is 11.2. The Morgan fingerprint density at radius 1 is 1.36 bits per heavy atom. The molecule has 7 nitrogen and oxygen atoms in total. The zero-order valence-electron chi connectivity index (χ0n) is 14.6. The van der Waals surface area contributed by atoms with Crippen molar-refractivity contribution in [1.82, 2.24) is 9.97 Å². The molecule has 0 bridgehead atoms. The Labute approximate surface area is 171 Å². The van der Waals surface area contributed by atoms with Crippen molar-refractivity contribution in [2.45, 2.75) is 45.6 Å². The predicted molar refractivity (Wildman–Crippen MR) is 87.9 cm³/mol. The minimum Gasteiger partial charge on any atom is -0.546 e. The summed E-state index contributed by atoms with van der Waals surface area (Å²) in [6.07, 6.45) is 3.04. The van der Waals surface area contributed by atoms with Crippen LogP contribution in [0.3, 0.4) is 0 Å². The van der Waals surface area contributed by atoms with Crippen molar-refractivity contribution in [3.8, 4) is 5.88 Å². The molecule has 2 heterocycles. The standard InChI is InChI=1S/C16H23N3O4.CH4.Na/c1-11-17-13(19-7-3-12(4-8-19)10-22-2)9-14(18-11)23-16(5-6-16)15(20)21;;/h9,12H,3-8,10H2,1-2H3,(H,20,21);1H4;/q;;+1/p-1. The van der Waals surface area contributed by atoms with Gasteiger partial charge in [0.2, 0.25) is 5.88 Å². The third-order valence-corrected chi connectivity index (χ3v) is 4.52. The van der Waals surface area contributed by atoms with E-state index < -0.39 is 11.6 Å². The number of carboxylic acid groups (broad SMARTS) is 1. The number of aliphatic carboxylic acids is 1.